The largest absolute Gasteiger partial charge is 0.508 e. The molecule has 2 heterocycles. The van der Waals surface area contributed by atoms with Crippen molar-refractivity contribution in [2.45, 2.75) is 51.4 Å². The highest BCUT2D eigenvalue weighted by molar-refractivity contribution is 6.40. The number of aryl methyl sites for hydroxylation is 1. The van der Waals surface area contributed by atoms with Crippen LogP contribution in [0, 0.1) is 6.92 Å². The third kappa shape index (κ3) is 2.76. The highest BCUT2D eigenvalue weighted by Crippen LogP contribution is 2.58. The van der Waals surface area contributed by atoms with Crippen LogP contribution in [0.25, 0.3) is 0 Å². The third-order valence-electron chi connectivity index (χ3n) is 7.57. The van der Waals surface area contributed by atoms with Crippen LogP contribution < -0.4 is 4.74 Å². The zero-order valence-corrected chi connectivity index (χ0v) is 21.3. The molecule has 0 spiro atoms. The molecule has 3 aromatic carbocycles. The maximum Gasteiger partial charge on any atom is 0.212 e. The smallest absolute Gasteiger partial charge is 0.212 e. The lowest BCUT2D eigenvalue weighted by Gasteiger charge is -2.46. The van der Waals surface area contributed by atoms with Gasteiger partial charge in [-0.15, -0.1) is 0 Å². The minimum atomic E-state index is -1.08. The standard InChI is InChI=1S/C27H22Cl2O7/c1-9-5-11(30)7-13-14(9)25-15-10(8-27(4,35-13)36-25)6-12-16(21(15)31)22(32)17-18(26(12,2)3)19(28)24(34)20(29)23(17)33/h5-7,25,30-31,33-34H,8H2,1-4H3. The summed E-state index contributed by atoms with van der Waals surface area (Å²) in [6.45, 7) is 7.17. The monoisotopic (exact) mass is 528 g/mol. The van der Waals surface area contributed by atoms with E-state index in [9.17, 15) is 25.2 Å². The van der Waals surface area contributed by atoms with E-state index in [-0.39, 0.29) is 39.6 Å². The molecule has 2 aliphatic heterocycles. The Labute approximate surface area is 216 Å². The molecule has 186 valence electrons. The summed E-state index contributed by atoms with van der Waals surface area (Å²) in [5.74, 6) is -2.62. The van der Waals surface area contributed by atoms with Gasteiger partial charge in [0, 0.05) is 36.0 Å². The van der Waals surface area contributed by atoms with E-state index < -0.39 is 39.6 Å². The normalized spacial score (nSPS) is 22.7. The van der Waals surface area contributed by atoms with Crippen LogP contribution in [-0.4, -0.2) is 32.0 Å². The summed E-state index contributed by atoms with van der Waals surface area (Å²) in [6.07, 6.45) is -0.498. The number of hydrogen-bond donors (Lipinski definition) is 4. The van der Waals surface area contributed by atoms with Gasteiger partial charge in [0.25, 0.3) is 0 Å². The number of phenols is 4. The van der Waals surface area contributed by atoms with Gasteiger partial charge in [-0.3, -0.25) is 4.79 Å². The van der Waals surface area contributed by atoms with Crippen molar-refractivity contribution in [3.05, 3.63) is 72.8 Å². The van der Waals surface area contributed by atoms with Crippen molar-refractivity contribution in [1.29, 1.82) is 0 Å². The Kier molecular flexibility index (Phi) is 4.53. The number of rotatable bonds is 0. The lowest BCUT2D eigenvalue weighted by Crippen LogP contribution is -2.47. The summed E-state index contributed by atoms with van der Waals surface area (Å²) in [6, 6.07) is 4.93. The summed E-state index contributed by atoms with van der Waals surface area (Å²) in [5.41, 5.74) is 2.07. The number of halogens is 2. The topological polar surface area (TPSA) is 116 Å². The molecule has 2 atom stereocenters. The molecular weight excluding hydrogens is 507 g/mol. The fourth-order valence-corrected chi connectivity index (χ4v) is 6.65. The number of hydrogen-bond acceptors (Lipinski definition) is 7. The van der Waals surface area contributed by atoms with Crippen LogP contribution >= 0.6 is 23.2 Å². The fraction of sp³-hybridized carbons (Fsp3) is 0.296. The molecule has 0 radical (unpaired) electrons. The highest BCUT2D eigenvalue weighted by atomic mass is 35.5. The lowest BCUT2D eigenvalue weighted by molar-refractivity contribution is -0.216. The molecule has 0 amide bonds. The van der Waals surface area contributed by atoms with Crippen LogP contribution in [0.4, 0.5) is 0 Å². The minimum absolute atomic E-state index is 0.0102. The van der Waals surface area contributed by atoms with Crippen LogP contribution in [-0.2, 0) is 16.6 Å². The number of ketones is 1. The molecule has 1 aliphatic carbocycles. The predicted molar refractivity (Wildman–Crippen MR) is 132 cm³/mol. The number of ether oxygens (including phenoxy) is 2. The van der Waals surface area contributed by atoms with Gasteiger partial charge in [0.1, 0.15) is 34.1 Å². The maximum absolute atomic E-state index is 13.8. The second kappa shape index (κ2) is 7.00. The summed E-state index contributed by atoms with van der Waals surface area (Å²) >= 11 is 12.5. The van der Waals surface area contributed by atoms with E-state index in [1.54, 1.807) is 33.8 Å². The molecule has 0 saturated carbocycles. The molecule has 9 heteroatoms. The Balaban J connectivity index is 1.67. The van der Waals surface area contributed by atoms with Gasteiger partial charge < -0.3 is 29.9 Å². The second-order valence-electron chi connectivity index (χ2n) is 10.3. The molecule has 3 aliphatic rings. The lowest BCUT2D eigenvalue weighted by atomic mass is 9.66. The number of aromatic hydroxyl groups is 4. The van der Waals surface area contributed by atoms with E-state index in [4.69, 9.17) is 32.7 Å². The predicted octanol–water partition coefficient (Wildman–Crippen LogP) is 5.77. The maximum atomic E-state index is 13.8. The van der Waals surface area contributed by atoms with Crippen molar-refractivity contribution in [2.75, 3.05) is 0 Å². The van der Waals surface area contributed by atoms with Gasteiger partial charge in [0.2, 0.25) is 11.6 Å². The third-order valence-corrected chi connectivity index (χ3v) is 8.30. The Morgan fingerprint density at radius 3 is 2.31 bits per heavy atom. The van der Waals surface area contributed by atoms with Crippen LogP contribution in [0.3, 0.4) is 0 Å². The van der Waals surface area contributed by atoms with E-state index in [2.05, 4.69) is 0 Å². The van der Waals surface area contributed by atoms with E-state index in [0.29, 0.717) is 28.0 Å². The fourth-order valence-electron chi connectivity index (χ4n) is 5.99. The van der Waals surface area contributed by atoms with E-state index in [0.717, 1.165) is 5.56 Å². The summed E-state index contributed by atoms with van der Waals surface area (Å²) < 4.78 is 12.4. The minimum Gasteiger partial charge on any atom is -0.508 e. The Hall–Kier alpha value is -3.13. The van der Waals surface area contributed by atoms with Gasteiger partial charge in [-0.1, -0.05) is 43.1 Å². The Morgan fingerprint density at radius 2 is 1.61 bits per heavy atom. The highest BCUT2D eigenvalue weighted by Gasteiger charge is 2.50. The molecule has 7 nitrogen and oxygen atoms in total. The number of benzene rings is 3. The summed E-state index contributed by atoms with van der Waals surface area (Å²) in [7, 11) is 0. The number of phenolic OH excluding ortho intramolecular Hbond substituents is 4. The molecule has 2 bridgehead atoms. The zero-order chi connectivity index (χ0) is 26.1. The van der Waals surface area contributed by atoms with Crippen LogP contribution in [0.5, 0.6) is 28.7 Å². The van der Waals surface area contributed by atoms with Gasteiger partial charge in [-0.05, 0) is 35.2 Å². The van der Waals surface area contributed by atoms with Crippen LogP contribution in [0.2, 0.25) is 10.0 Å². The number of carbonyl (C=O) groups is 1. The van der Waals surface area contributed by atoms with Crippen molar-refractivity contribution >= 4 is 29.0 Å². The summed E-state index contributed by atoms with van der Waals surface area (Å²) in [5, 5.41) is 42.4. The molecule has 0 aromatic heterocycles. The SMILES string of the molecule is Cc1cc(O)cc2c1C1OC(C)(Cc3cc4c(c(O)c31)C(=O)c1c(O)c(Cl)c(O)c(Cl)c1C4(C)C)O2. The van der Waals surface area contributed by atoms with E-state index >= 15 is 0 Å². The van der Waals surface area contributed by atoms with Gasteiger partial charge in [0.15, 0.2) is 5.75 Å². The van der Waals surface area contributed by atoms with Crippen LogP contribution in [0.1, 0.15) is 76.2 Å². The van der Waals surface area contributed by atoms with Gasteiger partial charge >= 0.3 is 0 Å². The number of carbonyl (C=O) groups excluding carboxylic acids is 1. The summed E-state index contributed by atoms with van der Waals surface area (Å²) in [4.78, 5) is 13.8. The number of fused-ring (bicyclic) bond motifs is 8. The van der Waals surface area contributed by atoms with Gasteiger partial charge in [-0.2, -0.15) is 0 Å². The Bertz CT molecular complexity index is 1560. The first-order chi connectivity index (χ1) is 16.8. The van der Waals surface area contributed by atoms with Crippen LogP contribution in [0.15, 0.2) is 18.2 Å². The Morgan fingerprint density at radius 1 is 0.917 bits per heavy atom. The molecule has 3 aromatic rings. The molecule has 6 rings (SSSR count). The van der Waals surface area contributed by atoms with Crippen molar-refractivity contribution in [2.24, 2.45) is 0 Å². The molecule has 36 heavy (non-hydrogen) atoms. The molecular formula is C27H22Cl2O7. The molecule has 2 unspecified atom stereocenters. The van der Waals surface area contributed by atoms with Crippen molar-refractivity contribution in [3.63, 3.8) is 0 Å². The van der Waals surface area contributed by atoms with Crippen molar-refractivity contribution in [1.82, 2.24) is 0 Å². The molecule has 0 fully saturated rings. The van der Waals surface area contributed by atoms with Crippen molar-refractivity contribution < 1.29 is 34.7 Å². The second-order valence-corrected chi connectivity index (χ2v) is 11.1. The van der Waals surface area contributed by atoms with Gasteiger partial charge in [-0.25, -0.2) is 0 Å². The van der Waals surface area contributed by atoms with E-state index in [1.165, 1.54) is 6.07 Å². The van der Waals surface area contributed by atoms with Crippen molar-refractivity contribution in [3.8, 4) is 28.7 Å². The quantitative estimate of drug-likeness (QED) is 0.292. The molecule has 4 N–H and O–H groups in total. The zero-order valence-electron chi connectivity index (χ0n) is 19.8. The first-order valence-electron chi connectivity index (χ1n) is 11.3. The van der Waals surface area contributed by atoms with Gasteiger partial charge in [0.05, 0.1) is 16.1 Å². The van der Waals surface area contributed by atoms with E-state index in [1.807, 2.05) is 6.07 Å². The average Bonchev–Trinajstić information content (AvgIpc) is 2.76. The first-order valence-corrected chi connectivity index (χ1v) is 12.1. The average molecular weight is 529 g/mol. The molecule has 0 saturated heterocycles. The first kappa shape index (κ1) is 23.3.